The molecule has 0 N–H and O–H groups in total. The SMILES string of the molecule is COC(=O)CC1CCN(c2ccc3c(c2)CCCC3)C1. The van der Waals surface area contributed by atoms with Crippen LogP contribution in [0.25, 0.3) is 0 Å². The Balaban J connectivity index is 1.67. The Bertz CT molecular complexity index is 498. The highest BCUT2D eigenvalue weighted by Crippen LogP contribution is 2.30. The van der Waals surface area contributed by atoms with Gasteiger partial charge in [0.15, 0.2) is 0 Å². The molecule has 0 bridgehead atoms. The molecule has 20 heavy (non-hydrogen) atoms. The Morgan fingerprint density at radius 1 is 1.30 bits per heavy atom. The van der Waals surface area contributed by atoms with Crippen molar-refractivity contribution < 1.29 is 9.53 Å². The quantitative estimate of drug-likeness (QED) is 0.793. The Morgan fingerprint density at radius 2 is 2.10 bits per heavy atom. The topological polar surface area (TPSA) is 29.5 Å². The molecule has 1 heterocycles. The number of hydrogen-bond acceptors (Lipinski definition) is 3. The minimum Gasteiger partial charge on any atom is -0.469 e. The molecule has 1 aromatic carbocycles. The zero-order valence-electron chi connectivity index (χ0n) is 12.2. The molecule has 2 aliphatic rings. The number of aryl methyl sites for hydroxylation is 2. The van der Waals surface area contributed by atoms with Gasteiger partial charge >= 0.3 is 5.97 Å². The van der Waals surface area contributed by atoms with Crippen molar-refractivity contribution in [3.05, 3.63) is 29.3 Å². The van der Waals surface area contributed by atoms with E-state index in [4.69, 9.17) is 4.74 Å². The molecule has 1 aromatic rings. The van der Waals surface area contributed by atoms with Crippen molar-refractivity contribution in [2.75, 3.05) is 25.1 Å². The third-order valence-corrected chi connectivity index (χ3v) is 4.67. The normalized spacial score (nSPS) is 21.6. The van der Waals surface area contributed by atoms with Gasteiger partial charge in [-0.25, -0.2) is 0 Å². The third-order valence-electron chi connectivity index (χ3n) is 4.67. The number of esters is 1. The van der Waals surface area contributed by atoms with Crippen LogP contribution in [0.1, 0.15) is 36.8 Å². The molecule has 1 aliphatic heterocycles. The molecule has 1 unspecified atom stereocenters. The zero-order valence-corrected chi connectivity index (χ0v) is 12.2. The van der Waals surface area contributed by atoms with Gasteiger partial charge in [0.25, 0.3) is 0 Å². The average molecular weight is 273 g/mol. The first-order valence-corrected chi connectivity index (χ1v) is 7.70. The standard InChI is InChI=1S/C17H23NO2/c1-20-17(19)10-13-8-9-18(12-13)16-7-6-14-4-2-3-5-15(14)11-16/h6-7,11,13H,2-5,8-10,12H2,1H3. The maximum atomic E-state index is 11.4. The van der Waals surface area contributed by atoms with Crippen molar-refractivity contribution in [3.8, 4) is 0 Å². The van der Waals surface area contributed by atoms with Gasteiger partial charge in [-0.05, 0) is 61.3 Å². The van der Waals surface area contributed by atoms with E-state index < -0.39 is 0 Å². The number of methoxy groups -OCH3 is 1. The number of ether oxygens (including phenoxy) is 1. The molecule has 1 aliphatic carbocycles. The van der Waals surface area contributed by atoms with E-state index in [1.54, 1.807) is 0 Å². The van der Waals surface area contributed by atoms with E-state index in [9.17, 15) is 4.79 Å². The minimum atomic E-state index is -0.0812. The van der Waals surface area contributed by atoms with Crippen LogP contribution in [0.2, 0.25) is 0 Å². The van der Waals surface area contributed by atoms with Gasteiger partial charge in [-0.15, -0.1) is 0 Å². The second kappa shape index (κ2) is 5.86. The van der Waals surface area contributed by atoms with Gasteiger partial charge < -0.3 is 9.64 Å². The summed E-state index contributed by atoms with van der Waals surface area (Å²) in [6, 6.07) is 6.93. The lowest BCUT2D eigenvalue weighted by molar-refractivity contribution is -0.141. The zero-order chi connectivity index (χ0) is 13.9. The fourth-order valence-corrected chi connectivity index (χ4v) is 3.47. The van der Waals surface area contributed by atoms with Crippen molar-refractivity contribution in [2.45, 2.75) is 38.5 Å². The molecule has 3 heteroatoms. The van der Waals surface area contributed by atoms with E-state index in [1.165, 1.54) is 49.6 Å². The van der Waals surface area contributed by atoms with Crippen LogP contribution in [0.5, 0.6) is 0 Å². The van der Waals surface area contributed by atoms with E-state index in [1.807, 2.05) is 0 Å². The lowest BCUT2D eigenvalue weighted by atomic mass is 9.91. The maximum Gasteiger partial charge on any atom is 0.305 e. The first-order valence-electron chi connectivity index (χ1n) is 7.70. The first-order chi connectivity index (χ1) is 9.76. The number of hydrogen-bond donors (Lipinski definition) is 0. The molecular formula is C17H23NO2. The summed E-state index contributed by atoms with van der Waals surface area (Å²) in [4.78, 5) is 13.8. The van der Waals surface area contributed by atoms with Crippen LogP contribution in [-0.2, 0) is 22.4 Å². The van der Waals surface area contributed by atoms with Crippen molar-refractivity contribution in [1.29, 1.82) is 0 Å². The van der Waals surface area contributed by atoms with Gasteiger partial charge in [0.1, 0.15) is 0 Å². The predicted molar refractivity (Wildman–Crippen MR) is 80.0 cm³/mol. The summed E-state index contributed by atoms with van der Waals surface area (Å²) < 4.78 is 4.77. The number of anilines is 1. The molecule has 1 fully saturated rings. The Kier molecular flexibility index (Phi) is 3.95. The molecule has 3 rings (SSSR count). The lowest BCUT2D eigenvalue weighted by Gasteiger charge is -2.22. The number of nitrogens with zero attached hydrogens (tertiary/aromatic N) is 1. The van der Waals surface area contributed by atoms with Crippen molar-refractivity contribution >= 4 is 11.7 Å². The first kappa shape index (κ1) is 13.5. The van der Waals surface area contributed by atoms with Crippen LogP contribution >= 0.6 is 0 Å². The van der Waals surface area contributed by atoms with Crippen molar-refractivity contribution in [3.63, 3.8) is 0 Å². The summed E-state index contributed by atoms with van der Waals surface area (Å²) in [5.74, 6) is 0.362. The van der Waals surface area contributed by atoms with Gasteiger partial charge in [-0.3, -0.25) is 4.79 Å². The molecule has 0 amide bonds. The van der Waals surface area contributed by atoms with Gasteiger partial charge in [-0.2, -0.15) is 0 Å². The van der Waals surface area contributed by atoms with Crippen LogP contribution < -0.4 is 4.90 Å². The lowest BCUT2D eigenvalue weighted by Crippen LogP contribution is -2.21. The number of rotatable bonds is 3. The summed E-state index contributed by atoms with van der Waals surface area (Å²) in [6.07, 6.45) is 6.76. The average Bonchev–Trinajstić information content (AvgIpc) is 2.95. The van der Waals surface area contributed by atoms with Gasteiger partial charge in [0.2, 0.25) is 0 Å². The molecule has 0 saturated carbocycles. The summed E-state index contributed by atoms with van der Waals surface area (Å²) >= 11 is 0. The fraction of sp³-hybridized carbons (Fsp3) is 0.588. The van der Waals surface area contributed by atoms with Gasteiger partial charge in [-0.1, -0.05) is 6.07 Å². The predicted octanol–water partition coefficient (Wildman–Crippen LogP) is 2.95. The largest absolute Gasteiger partial charge is 0.469 e. The van der Waals surface area contributed by atoms with Crippen LogP contribution in [-0.4, -0.2) is 26.2 Å². The van der Waals surface area contributed by atoms with E-state index in [0.717, 1.165) is 19.5 Å². The molecular weight excluding hydrogens is 250 g/mol. The molecule has 0 spiro atoms. The van der Waals surface area contributed by atoms with Gasteiger partial charge in [0, 0.05) is 18.8 Å². The number of carbonyl (C=O) groups is 1. The van der Waals surface area contributed by atoms with E-state index >= 15 is 0 Å². The highest BCUT2D eigenvalue weighted by Gasteiger charge is 2.25. The molecule has 3 nitrogen and oxygen atoms in total. The molecule has 108 valence electrons. The van der Waals surface area contributed by atoms with Crippen molar-refractivity contribution in [2.24, 2.45) is 5.92 Å². The Hall–Kier alpha value is -1.51. The molecule has 1 saturated heterocycles. The van der Waals surface area contributed by atoms with Crippen LogP contribution in [0.3, 0.4) is 0 Å². The molecule has 1 atom stereocenters. The number of fused-ring (bicyclic) bond motifs is 1. The van der Waals surface area contributed by atoms with E-state index in [-0.39, 0.29) is 5.97 Å². The van der Waals surface area contributed by atoms with Crippen LogP contribution in [0.4, 0.5) is 5.69 Å². The number of carbonyl (C=O) groups excluding carboxylic acids is 1. The third kappa shape index (κ3) is 2.82. The van der Waals surface area contributed by atoms with Crippen LogP contribution in [0, 0.1) is 5.92 Å². The van der Waals surface area contributed by atoms with E-state index in [0.29, 0.717) is 12.3 Å². The summed E-state index contributed by atoms with van der Waals surface area (Å²) in [7, 11) is 1.47. The smallest absolute Gasteiger partial charge is 0.305 e. The molecule has 0 radical (unpaired) electrons. The second-order valence-electron chi connectivity index (χ2n) is 6.04. The van der Waals surface area contributed by atoms with Crippen molar-refractivity contribution in [1.82, 2.24) is 0 Å². The second-order valence-corrected chi connectivity index (χ2v) is 6.04. The minimum absolute atomic E-state index is 0.0812. The molecule has 0 aromatic heterocycles. The van der Waals surface area contributed by atoms with E-state index in [2.05, 4.69) is 23.1 Å². The highest BCUT2D eigenvalue weighted by atomic mass is 16.5. The maximum absolute atomic E-state index is 11.4. The monoisotopic (exact) mass is 273 g/mol. The Morgan fingerprint density at radius 3 is 2.90 bits per heavy atom. The number of benzene rings is 1. The van der Waals surface area contributed by atoms with Crippen LogP contribution in [0.15, 0.2) is 18.2 Å². The fourth-order valence-electron chi connectivity index (χ4n) is 3.47. The Labute approximate surface area is 120 Å². The summed E-state index contributed by atoms with van der Waals surface area (Å²) in [6.45, 7) is 2.04. The summed E-state index contributed by atoms with van der Waals surface area (Å²) in [5, 5.41) is 0. The summed E-state index contributed by atoms with van der Waals surface area (Å²) in [5.41, 5.74) is 4.40. The van der Waals surface area contributed by atoms with Gasteiger partial charge in [0.05, 0.1) is 13.5 Å². The highest BCUT2D eigenvalue weighted by molar-refractivity contribution is 5.69.